The van der Waals surface area contributed by atoms with Gasteiger partial charge in [0.25, 0.3) is 5.69 Å². The Morgan fingerprint density at radius 3 is 2.36 bits per heavy atom. The van der Waals surface area contributed by atoms with Gasteiger partial charge in [0.1, 0.15) is 11.6 Å². The van der Waals surface area contributed by atoms with Crippen LogP contribution < -0.4 is 5.32 Å². The highest BCUT2D eigenvalue weighted by Crippen LogP contribution is 2.32. The number of amides is 1. The van der Waals surface area contributed by atoms with Crippen molar-refractivity contribution in [3.05, 3.63) is 68.2 Å². The number of rotatable bonds is 8. The topological polar surface area (TPSA) is 113 Å². The number of nitro benzene ring substituents is 1. The van der Waals surface area contributed by atoms with Crippen LogP contribution in [0.25, 0.3) is 0 Å². The van der Waals surface area contributed by atoms with Crippen LogP contribution in [0.1, 0.15) is 30.7 Å². The van der Waals surface area contributed by atoms with Crippen LogP contribution in [0.3, 0.4) is 0 Å². The number of ketones is 1. The SMILES string of the molecule is N#C[C@H](C(=O)CCCC(=O)Nc1ccccc1[N+](=O)[O-])c1c(Cl)cccc1Cl. The van der Waals surface area contributed by atoms with Gasteiger partial charge in [-0.2, -0.15) is 5.26 Å². The Bertz CT molecular complexity index is 936. The van der Waals surface area contributed by atoms with E-state index in [2.05, 4.69) is 5.32 Å². The van der Waals surface area contributed by atoms with Gasteiger partial charge in [0, 0.05) is 34.5 Å². The smallest absolute Gasteiger partial charge is 0.292 e. The number of carbonyl (C=O) groups is 2. The summed E-state index contributed by atoms with van der Waals surface area (Å²) < 4.78 is 0. The molecule has 1 atom stereocenters. The van der Waals surface area contributed by atoms with E-state index in [1.54, 1.807) is 24.3 Å². The maximum Gasteiger partial charge on any atom is 0.292 e. The van der Waals surface area contributed by atoms with Crippen molar-refractivity contribution in [1.82, 2.24) is 0 Å². The number of anilines is 1. The molecule has 0 heterocycles. The van der Waals surface area contributed by atoms with Gasteiger partial charge in [0.05, 0.1) is 11.0 Å². The van der Waals surface area contributed by atoms with Crippen LogP contribution in [-0.4, -0.2) is 16.6 Å². The summed E-state index contributed by atoms with van der Waals surface area (Å²) in [6, 6.07) is 12.4. The molecule has 0 aliphatic rings. The van der Waals surface area contributed by atoms with E-state index in [-0.39, 0.29) is 46.2 Å². The number of nitro groups is 1. The molecular weight excluding hydrogens is 405 g/mol. The van der Waals surface area contributed by atoms with E-state index in [0.717, 1.165) is 0 Å². The molecule has 144 valence electrons. The summed E-state index contributed by atoms with van der Waals surface area (Å²) in [5, 5.41) is 23.2. The Morgan fingerprint density at radius 1 is 1.11 bits per heavy atom. The zero-order valence-corrected chi connectivity index (χ0v) is 16.0. The van der Waals surface area contributed by atoms with Gasteiger partial charge in [-0.25, -0.2) is 0 Å². The molecule has 28 heavy (non-hydrogen) atoms. The monoisotopic (exact) mass is 419 g/mol. The molecule has 2 rings (SSSR count). The number of benzene rings is 2. The van der Waals surface area contributed by atoms with E-state index in [1.807, 2.05) is 6.07 Å². The second-order valence-corrected chi connectivity index (χ2v) is 6.65. The number of Topliss-reactive ketones (excluding diaryl/α,β-unsaturated/α-hetero) is 1. The van der Waals surface area contributed by atoms with Crippen LogP contribution >= 0.6 is 23.2 Å². The van der Waals surface area contributed by atoms with Crippen LogP contribution in [0.15, 0.2) is 42.5 Å². The quantitative estimate of drug-likeness (QED) is 0.483. The minimum atomic E-state index is -1.13. The van der Waals surface area contributed by atoms with E-state index in [1.165, 1.54) is 18.2 Å². The Hall–Kier alpha value is -2.95. The first-order valence-corrected chi connectivity index (χ1v) is 9.00. The molecule has 0 unspecified atom stereocenters. The lowest BCUT2D eigenvalue weighted by molar-refractivity contribution is -0.383. The molecule has 0 saturated carbocycles. The number of carbonyl (C=O) groups excluding carboxylic acids is 2. The minimum Gasteiger partial charge on any atom is -0.320 e. The fourth-order valence-electron chi connectivity index (χ4n) is 2.60. The largest absolute Gasteiger partial charge is 0.320 e. The zero-order valence-electron chi connectivity index (χ0n) is 14.5. The number of halogens is 2. The first-order chi connectivity index (χ1) is 13.3. The van der Waals surface area contributed by atoms with Crippen LogP contribution in [0.5, 0.6) is 0 Å². The molecule has 0 aliphatic carbocycles. The molecule has 7 nitrogen and oxygen atoms in total. The van der Waals surface area contributed by atoms with Crippen molar-refractivity contribution in [1.29, 1.82) is 5.26 Å². The highest BCUT2D eigenvalue weighted by Gasteiger charge is 2.25. The Balaban J connectivity index is 1.95. The summed E-state index contributed by atoms with van der Waals surface area (Å²) in [7, 11) is 0. The van der Waals surface area contributed by atoms with E-state index in [0.29, 0.717) is 0 Å². The minimum absolute atomic E-state index is 0.0355. The Morgan fingerprint density at radius 2 is 1.75 bits per heavy atom. The maximum absolute atomic E-state index is 12.4. The molecule has 1 amide bonds. The normalized spacial score (nSPS) is 11.3. The summed E-state index contributed by atoms with van der Waals surface area (Å²) in [5.74, 6) is -2.00. The van der Waals surface area contributed by atoms with Gasteiger partial charge in [-0.1, -0.05) is 41.4 Å². The lowest BCUT2D eigenvalue weighted by atomic mass is 9.93. The van der Waals surface area contributed by atoms with Gasteiger partial charge in [-0.15, -0.1) is 0 Å². The summed E-state index contributed by atoms with van der Waals surface area (Å²) in [5.41, 5.74) is 0.120. The molecule has 0 saturated heterocycles. The molecule has 1 N–H and O–H groups in total. The number of nitriles is 1. The van der Waals surface area contributed by atoms with Crippen molar-refractivity contribution >= 4 is 46.3 Å². The Kier molecular flexibility index (Phi) is 7.50. The van der Waals surface area contributed by atoms with Crippen LogP contribution in [-0.2, 0) is 9.59 Å². The molecular formula is C19H15Cl2N3O4. The second kappa shape index (κ2) is 9.83. The third-order valence-corrected chi connectivity index (χ3v) is 4.60. The van der Waals surface area contributed by atoms with Gasteiger partial charge in [0.2, 0.25) is 5.91 Å². The average molecular weight is 420 g/mol. The predicted octanol–water partition coefficient (Wildman–Crippen LogP) is 4.89. The molecule has 2 aromatic carbocycles. The molecule has 0 radical (unpaired) electrons. The van der Waals surface area contributed by atoms with Gasteiger partial charge in [-0.05, 0) is 24.6 Å². The van der Waals surface area contributed by atoms with Crippen LogP contribution in [0.4, 0.5) is 11.4 Å². The number of nitrogens with zero attached hydrogens (tertiary/aromatic N) is 2. The highest BCUT2D eigenvalue weighted by molar-refractivity contribution is 6.36. The third-order valence-electron chi connectivity index (χ3n) is 3.94. The number of hydrogen-bond acceptors (Lipinski definition) is 5. The standard InChI is InChI=1S/C19H15Cl2N3O4/c20-13-5-3-6-14(21)19(13)12(11-22)17(25)9-4-10-18(26)23-15-7-1-2-8-16(15)24(27)28/h1-3,5-8,12H,4,9-10H2,(H,23,26)/t12-/m1/s1. The van der Waals surface area contributed by atoms with Gasteiger partial charge in [-0.3, -0.25) is 19.7 Å². The first kappa shape index (κ1) is 21.4. The van der Waals surface area contributed by atoms with E-state index in [9.17, 15) is 25.0 Å². The predicted molar refractivity (Wildman–Crippen MR) is 105 cm³/mol. The Labute approximate surface area is 171 Å². The highest BCUT2D eigenvalue weighted by atomic mass is 35.5. The summed E-state index contributed by atoms with van der Waals surface area (Å²) in [6.45, 7) is 0. The van der Waals surface area contributed by atoms with Crippen LogP contribution in [0, 0.1) is 21.4 Å². The van der Waals surface area contributed by atoms with Crippen molar-refractivity contribution in [2.75, 3.05) is 5.32 Å². The lowest BCUT2D eigenvalue weighted by Crippen LogP contribution is -2.15. The van der Waals surface area contributed by atoms with Crippen molar-refractivity contribution in [3.63, 3.8) is 0 Å². The third kappa shape index (κ3) is 5.28. The van der Waals surface area contributed by atoms with Crippen molar-refractivity contribution in [3.8, 4) is 6.07 Å². The van der Waals surface area contributed by atoms with Crippen LogP contribution in [0.2, 0.25) is 10.0 Å². The number of hydrogen-bond donors (Lipinski definition) is 1. The number of para-hydroxylation sites is 2. The van der Waals surface area contributed by atoms with Gasteiger partial charge in [0.15, 0.2) is 5.78 Å². The average Bonchev–Trinajstić information content (AvgIpc) is 2.65. The number of nitrogens with one attached hydrogen (secondary N) is 1. The summed E-state index contributed by atoms with van der Waals surface area (Å²) >= 11 is 12.1. The molecule has 9 heteroatoms. The molecule has 0 spiro atoms. The fraction of sp³-hybridized carbons (Fsp3) is 0.211. The molecule has 0 aliphatic heterocycles. The summed E-state index contributed by atoms with van der Waals surface area (Å²) in [6.07, 6.45) is 0.0990. The van der Waals surface area contributed by atoms with Crippen molar-refractivity contribution < 1.29 is 14.5 Å². The van der Waals surface area contributed by atoms with E-state index in [4.69, 9.17) is 23.2 Å². The van der Waals surface area contributed by atoms with Crippen molar-refractivity contribution in [2.24, 2.45) is 0 Å². The van der Waals surface area contributed by atoms with Gasteiger partial charge >= 0.3 is 0 Å². The maximum atomic E-state index is 12.4. The van der Waals surface area contributed by atoms with Gasteiger partial charge < -0.3 is 5.32 Å². The summed E-state index contributed by atoms with van der Waals surface area (Å²) in [4.78, 5) is 34.8. The molecule has 0 fully saturated rings. The fourth-order valence-corrected chi connectivity index (χ4v) is 3.22. The van der Waals surface area contributed by atoms with Crippen molar-refractivity contribution in [2.45, 2.75) is 25.2 Å². The van der Waals surface area contributed by atoms with E-state index < -0.39 is 22.5 Å². The molecule has 0 bridgehead atoms. The zero-order chi connectivity index (χ0) is 20.7. The van der Waals surface area contributed by atoms with E-state index >= 15 is 0 Å². The molecule has 2 aromatic rings. The lowest BCUT2D eigenvalue weighted by Gasteiger charge is -2.12. The second-order valence-electron chi connectivity index (χ2n) is 5.84. The molecule has 0 aromatic heterocycles. The first-order valence-electron chi connectivity index (χ1n) is 8.24.